The van der Waals surface area contributed by atoms with Crippen LogP contribution in [0.4, 0.5) is 10.1 Å². The highest BCUT2D eigenvalue weighted by Gasteiger charge is 2.04. The van der Waals surface area contributed by atoms with Crippen molar-refractivity contribution in [3.05, 3.63) is 24.3 Å². The van der Waals surface area contributed by atoms with Crippen LogP contribution in [0.2, 0.25) is 0 Å². The molecular weight excluding hydrogens is 185 g/mol. The molecule has 4 nitrogen and oxygen atoms in total. The Hall–Kier alpha value is -1.49. The largest absolute Gasteiger partial charge is 0.322 e. The van der Waals surface area contributed by atoms with Crippen molar-refractivity contribution in [3.63, 3.8) is 0 Å². The van der Waals surface area contributed by atoms with Gasteiger partial charge in [-0.15, -0.1) is 0 Å². The average Bonchev–Trinajstić information content (AvgIpc) is 2.18. The van der Waals surface area contributed by atoms with Gasteiger partial charge in [0.15, 0.2) is 5.82 Å². The Morgan fingerprint density at radius 3 is 3.07 bits per heavy atom. The number of carbonyl (C=O) groups excluding carboxylic acids is 1. The van der Waals surface area contributed by atoms with Crippen LogP contribution in [0.15, 0.2) is 18.5 Å². The van der Waals surface area contributed by atoms with Crippen molar-refractivity contribution in [2.24, 2.45) is 0 Å². The van der Waals surface area contributed by atoms with E-state index in [-0.39, 0.29) is 18.1 Å². The lowest BCUT2D eigenvalue weighted by Gasteiger charge is -2.05. The van der Waals surface area contributed by atoms with Gasteiger partial charge in [0.1, 0.15) is 0 Å². The Balaban J connectivity index is 2.52. The van der Waals surface area contributed by atoms with E-state index >= 15 is 0 Å². The molecule has 1 aromatic heterocycles. The number of pyridine rings is 1. The number of likely N-dealkylation sites (N-methyl/N-ethyl adjacent to an activating group) is 1. The van der Waals surface area contributed by atoms with Crippen molar-refractivity contribution >= 4 is 11.6 Å². The molecule has 0 atom stereocenters. The zero-order chi connectivity index (χ0) is 10.4. The fraction of sp³-hybridized carbons (Fsp3) is 0.333. The maximum atomic E-state index is 13.0. The van der Waals surface area contributed by atoms with Crippen LogP contribution in [0, 0.1) is 5.82 Å². The molecule has 0 aliphatic carbocycles. The van der Waals surface area contributed by atoms with Crippen molar-refractivity contribution in [2.45, 2.75) is 6.92 Å². The first kappa shape index (κ1) is 10.6. The highest BCUT2D eigenvalue weighted by molar-refractivity contribution is 5.92. The predicted molar refractivity (Wildman–Crippen MR) is 51.4 cm³/mol. The fourth-order valence-corrected chi connectivity index (χ4v) is 0.909. The summed E-state index contributed by atoms with van der Waals surface area (Å²) in [5, 5.41) is 5.27. The van der Waals surface area contributed by atoms with Crippen LogP contribution in [-0.2, 0) is 4.79 Å². The Kier molecular flexibility index (Phi) is 4.00. The number of hydrogen-bond acceptors (Lipinski definition) is 3. The van der Waals surface area contributed by atoms with E-state index in [9.17, 15) is 9.18 Å². The third-order valence-corrected chi connectivity index (χ3v) is 1.58. The smallest absolute Gasteiger partial charge is 0.238 e. The Labute approximate surface area is 81.5 Å². The minimum Gasteiger partial charge on any atom is -0.322 e. The van der Waals surface area contributed by atoms with Crippen LogP contribution in [0.25, 0.3) is 0 Å². The van der Waals surface area contributed by atoms with E-state index in [4.69, 9.17) is 0 Å². The van der Waals surface area contributed by atoms with E-state index in [1.165, 1.54) is 12.3 Å². The second kappa shape index (κ2) is 5.29. The number of aromatic nitrogens is 1. The van der Waals surface area contributed by atoms with Crippen LogP contribution in [0.3, 0.4) is 0 Å². The van der Waals surface area contributed by atoms with Crippen LogP contribution in [-0.4, -0.2) is 24.0 Å². The third-order valence-electron chi connectivity index (χ3n) is 1.58. The monoisotopic (exact) mass is 197 g/mol. The van der Waals surface area contributed by atoms with Gasteiger partial charge in [0.25, 0.3) is 0 Å². The summed E-state index contributed by atoms with van der Waals surface area (Å²) in [6.07, 6.45) is 2.48. The molecule has 14 heavy (non-hydrogen) atoms. The van der Waals surface area contributed by atoms with E-state index in [1.807, 2.05) is 6.92 Å². The molecule has 76 valence electrons. The maximum Gasteiger partial charge on any atom is 0.238 e. The molecule has 0 aliphatic heterocycles. The van der Waals surface area contributed by atoms with Gasteiger partial charge < -0.3 is 10.6 Å². The number of rotatable bonds is 4. The van der Waals surface area contributed by atoms with Gasteiger partial charge in [0.05, 0.1) is 18.4 Å². The highest BCUT2D eigenvalue weighted by atomic mass is 19.1. The molecule has 0 radical (unpaired) electrons. The second-order valence-electron chi connectivity index (χ2n) is 2.68. The molecule has 0 bridgehead atoms. The van der Waals surface area contributed by atoms with Crippen LogP contribution in [0.1, 0.15) is 6.92 Å². The summed E-state index contributed by atoms with van der Waals surface area (Å²) in [5.41, 5.74) is 0.155. The average molecular weight is 197 g/mol. The molecule has 0 fully saturated rings. The van der Waals surface area contributed by atoms with Gasteiger partial charge in [-0.1, -0.05) is 6.92 Å². The molecule has 0 aliphatic rings. The number of halogens is 1. The summed E-state index contributed by atoms with van der Waals surface area (Å²) >= 11 is 0. The standard InChI is InChI=1S/C9H12FN3O/c1-2-11-6-9(14)13-8-3-4-12-5-7(8)10/h3-5,11H,2,6H2,1H3,(H,12,13,14). The predicted octanol–water partition coefficient (Wildman–Crippen LogP) is 0.769. The van der Waals surface area contributed by atoms with Gasteiger partial charge in [-0.25, -0.2) is 4.39 Å². The zero-order valence-electron chi connectivity index (χ0n) is 7.88. The van der Waals surface area contributed by atoms with E-state index < -0.39 is 5.82 Å². The van der Waals surface area contributed by atoms with Gasteiger partial charge >= 0.3 is 0 Å². The molecule has 1 heterocycles. The first-order chi connectivity index (χ1) is 6.74. The third kappa shape index (κ3) is 3.10. The summed E-state index contributed by atoms with van der Waals surface area (Å²) in [7, 11) is 0. The topological polar surface area (TPSA) is 54.0 Å². The molecule has 1 amide bonds. The lowest BCUT2D eigenvalue weighted by atomic mass is 10.4. The molecule has 0 saturated heterocycles. The van der Waals surface area contributed by atoms with Gasteiger partial charge in [-0.2, -0.15) is 0 Å². The van der Waals surface area contributed by atoms with Crippen LogP contribution >= 0.6 is 0 Å². The summed E-state index contributed by atoms with van der Waals surface area (Å²) in [6.45, 7) is 2.77. The number of anilines is 1. The minimum absolute atomic E-state index is 0.155. The quantitative estimate of drug-likeness (QED) is 0.749. The lowest BCUT2D eigenvalue weighted by molar-refractivity contribution is -0.115. The summed E-state index contributed by atoms with van der Waals surface area (Å²) in [5.74, 6) is -0.797. The first-order valence-electron chi connectivity index (χ1n) is 4.34. The molecule has 2 N–H and O–H groups in total. The highest BCUT2D eigenvalue weighted by Crippen LogP contribution is 2.09. The number of nitrogens with zero attached hydrogens (tertiary/aromatic N) is 1. The minimum atomic E-state index is -0.530. The van der Waals surface area contributed by atoms with Crippen LogP contribution in [0.5, 0.6) is 0 Å². The summed E-state index contributed by atoms with van der Waals surface area (Å²) in [4.78, 5) is 14.7. The Morgan fingerprint density at radius 2 is 2.43 bits per heavy atom. The lowest BCUT2D eigenvalue weighted by Crippen LogP contribution is -2.28. The molecule has 0 aromatic carbocycles. The molecule has 0 unspecified atom stereocenters. The van der Waals surface area contributed by atoms with Crippen molar-refractivity contribution in [3.8, 4) is 0 Å². The van der Waals surface area contributed by atoms with Crippen molar-refractivity contribution in [1.29, 1.82) is 0 Å². The second-order valence-corrected chi connectivity index (χ2v) is 2.68. The van der Waals surface area contributed by atoms with E-state index in [2.05, 4.69) is 15.6 Å². The summed E-state index contributed by atoms with van der Waals surface area (Å²) < 4.78 is 13.0. The zero-order valence-corrected chi connectivity index (χ0v) is 7.88. The Morgan fingerprint density at radius 1 is 1.64 bits per heavy atom. The van der Waals surface area contributed by atoms with E-state index in [0.717, 1.165) is 6.20 Å². The van der Waals surface area contributed by atoms with E-state index in [1.54, 1.807) is 0 Å². The molecule has 1 rings (SSSR count). The summed E-state index contributed by atoms with van der Waals surface area (Å²) in [6, 6.07) is 1.42. The number of amides is 1. The normalized spacial score (nSPS) is 9.86. The molecule has 0 spiro atoms. The molecule has 0 saturated carbocycles. The van der Waals surface area contributed by atoms with Gasteiger partial charge in [0, 0.05) is 6.20 Å². The molecule has 1 aromatic rings. The van der Waals surface area contributed by atoms with E-state index in [0.29, 0.717) is 6.54 Å². The fourth-order valence-electron chi connectivity index (χ4n) is 0.909. The number of carbonyl (C=O) groups is 1. The van der Waals surface area contributed by atoms with Crippen molar-refractivity contribution < 1.29 is 9.18 Å². The van der Waals surface area contributed by atoms with Crippen molar-refractivity contribution in [2.75, 3.05) is 18.4 Å². The maximum absolute atomic E-state index is 13.0. The van der Waals surface area contributed by atoms with Gasteiger partial charge in [-0.05, 0) is 12.6 Å². The molecule has 5 heteroatoms. The SMILES string of the molecule is CCNCC(=O)Nc1ccncc1F. The number of hydrogen-bond donors (Lipinski definition) is 2. The van der Waals surface area contributed by atoms with Gasteiger partial charge in [-0.3, -0.25) is 9.78 Å². The van der Waals surface area contributed by atoms with Gasteiger partial charge in [0.2, 0.25) is 5.91 Å². The van der Waals surface area contributed by atoms with Crippen molar-refractivity contribution in [1.82, 2.24) is 10.3 Å². The first-order valence-corrected chi connectivity index (χ1v) is 4.34. The molecular formula is C9H12FN3O. The Bertz CT molecular complexity index is 317. The van der Waals surface area contributed by atoms with Crippen LogP contribution < -0.4 is 10.6 Å². The number of nitrogens with one attached hydrogen (secondary N) is 2.